The molecule has 0 aromatic heterocycles. The van der Waals surface area contributed by atoms with Crippen molar-refractivity contribution in [2.24, 2.45) is 23.7 Å². The van der Waals surface area contributed by atoms with E-state index in [0.29, 0.717) is 0 Å². The summed E-state index contributed by atoms with van der Waals surface area (Å²) in [4.78, 5) is 0. The van der Waals surface area contributed by atoms with Crippen LogP contribution in [-0.2, 0) is 0 Å². The Kier molecular flexibility index (Phi) is 9.69. The Bertz CT molecular complexity index is 266. The maximum absolute atomic E-state index is 2.46. The Morgan fingerprint density at radius 1 is 0.565 bits per heavy atom. The number of hydrogen-bond donors (Lipinski definition) is 0. The Morgan fingerprint density at radius 2 is 1.04 bits per heavy atom. The van der Waals surface area contributed by atoms with E-state index in [-0.39, 0.29) is 0 Å². The molecular weight excluding hydrogens is 276 g/mol. The third-order valence-corrected chi connectivity index (χ3v) is 7.08. The second-order valence-electron chi connectivity index (χ2n) is 9.06. The van der Waals surface area contributed by atoms with Gasteiger partial charge in [0.2, 0.25) is 0 Å². The van der Waals surface area contributed by atoms with Crippen LogP contribution in [0.1, 0.15) is 123 Å². The number of rotatable bonds is 10. The first-order chi connectivity index (χ1) is 11.3. The van der Waals surface area contributed by atoms with Crippen LogP contribution in [0.2, 0.25) is 0 Å². The van der Waals surface area contributed by atoms with Gasteiger partial charge in [-0.05, 0) is 49.4 Å². The molecule has 0 saturated heterocycles. The van der Waals surface area contributed by atoms with Crippen molar-refractivity contribution < 1.29 is 0 Å². The smallest absolute Gasteiger partial charge is 0.0386 e. The molecule has 0 amide bonds. The van der Waals surface area contributed by atoms with E-state index in [0.717, 1.165) is 23.7 Å². The monoisotopic (exact) mass is 320 g/mol. The molecule has 0 heterocycles. The van der Waals surface area contributed by atoms with Crippen LogP contribution in [0.5, 0.6) is 0 Å². The third kappa shape index (κ3) is 7.61. The van der Waals surface area contributed by atoms with Crippen molar-refractivity contribution >= 4 is 0 Å². The van der Waals surface area contributed by atoms with Crippen LogP contribution in [0.4, 0.5) is 0 Å². The lowest BCUT2D eigenvalue weighted by Gasteiger charge is -2.37. The van der Waals surface area contributed by atoms with E-state index >= 15 is 0 Å². The zero-order chi connectivity index (χ0) is 16.3. The highest BCUT2D eigenvalue weighted by molar-refractivity contribution is 4.81. The molecule has 0 bridgehead atoms. The number of unbranched alkanes of at least 4 members (excludes halogenated alkanes) is 7. The molecule has 2 aliphatic carbocycles. The minimum atomic E-state index is 1.02. The SMILES string of the molecule is CCCCCCCCCCC1CCC([C@H]2CC[C@H](C)CC2)CC1. The summed E-state index contributed by atoms with van der Waals surface area (Å²) in [6.45, 7) is 4.76. The minimum absolute atomic E-state index is 1.02. The van der Waals surface area contributed by atoms with Gasteiger partial charge in [-0.1, -0.05) is 97.3 Å². The first kappa shape index (κ1) is 19.3. The van der Waals surface area contributed by atoms with Crippen LogP contribution in [0.25, 0.3) is 0 Å². The molecule has 23 heavy (non-hydrogen) atoms. The molecule has 2 saturated carbocycles. The molecule has 0 aromatic rings. The fourth-order valence-electron chi connectivity index (χ4n) is 5.27. The van der Waals surface area contributed by atoms with Crippen LogP contribution in [-0.4, -0.2) is 0 Å². The zero-order valence-electron chi connectivity index (χ0n) is 16.3. The molecule has 2 fully saturated rings. The van der Waals surface area contributed by atoms with Gasteiger partial charge in [-0.3, -0.25) is 0 Å². The van der Waals surface area contributed by atoms with E-state index in [1.54, 1.807) is 44.9 Å². The summed E-state index contributed by atoms with van der Waals surface area (Å²) in [7, 11) is 0. The lowest BCUT2D eigenvalue weighted by molar-refractivity contribution is 0.146. The Hall–Kier alpha value is 0. The normalized spacial score (nSPS) is 32.1. The summed E-state index contributed by atoms with van der Waals surface area (Å²) in [5.41, 5.74) is 0. The van der Waals surface area contributed by atoms with Crippen molar-refractivity contribution in [3.05, 3.63) is 0 Å². The molecule has 0 atom stereocenters. The molecule has 0 spiro atoms. The summed E-state index contributed by atoms with van der Waals surface area (Å²) >= 11 is 0. The van der Waals surface area contributed by atoms with Gasteiger partial charge in [0.1, 0.15) is 0 Å². The molecule has 0 heteroatoms. The highest BCUT2D eigenvalue weighted by Crippen LogP contribution is 2.42. The summed E-state index contributed by atoms with van der Waals surface area (Å²) < 4.78 is 0. The first-order valence-electron chi connectivity index (χ1n) is 11.3. The lowest BCUT2D eigenvalue weighted by atomic mass is 9.69. The predicted molar refractivity (Wildman–Crippen MR) is 104 cm³/mol. The van der Waals surface area contributed by atoms with Gasteiger partial charge in [-0.15, -0.1) is 0 Å². The maximum Gasteiger partial charge on any atom is -0.0386 e. The maximum atomic E-state index is 2.46. The Labute approximate surface area is 147 Å². The van der Waals surface area contributed by atoms with E-state index in [4.69, 9.17) is 0 Å². The second kappa shape index (κ2) is 11.5. The molecule has 2 aliphatic rings. The quantitative estimate of drug-likeness (QED) is 0.356. The van der Waals surface area contributed by atoms with Gasteiger partial charge < -0.3 is 0 Å². The Morgan fingerprint density at radius 3 is 1.61 bits per heavy atom. The average Bonchev–Trinajstić information content (AvgIpc) is 2.59. The number of hydrogen-bond acceptors (Lipinski definition) is 0. The molecule has 0 aliphatic heterocycles. The fourth-order valence-corrected chi connectivity index (χ4v) is 5.27. The third-order valence-electron chi connectivity index (χ3n) is 7.08. The van der Waals surface area contributed by atoms with Crippen LogP contribution >= 0.6 is 0 Å². The summed E-state index contributed by atoms with van der Waals surface area (Å²) in [5, 5.41) is 0. The molecule has 0 unspecified atom stereocenters. The van der Waals surface area contributed by atoms with Gasteiger partial charge in [-0.2, -0.15) is 0 Å². The van der Waals surface area contributed by atoms with Crippen molar-refractivity contribution in [2.75, 3.05) is 0 Å². The standard InChI is InChI=1S/C23H44/c1-3-4-5-6-7-8-9-10-11-21-14-18-23(19-15-21)22-16-12-20(2)13-17-22/h20-23H,3-19H2,1-2H3/t20-,21?,22-,23?. The van der Waals surface area contributed by atoms with Crippen LogP contribution in [0.15, 0.2) is 0 Å². The molecule has 136 valence electrons. The van der Waals surface area contributed by atoms with E-state index < -0.39 is 0 Å². The molecule has 0 N–H and O–H groups in total. The van der Waals surface area contributed by atoms with Crippen LogP contribution in [0, 0.1) is 23.7 Å². The van der Waals surface area contributed by atoms with E-state index in [1.165, 1.54) is 64.2 Å². The summed E-state index contributed by atoms with van der Waals surface area (Å²) in [6, 6.07) is 0. The lowest BCUT2D eigenvalue weighted by Crippen LogP contribution is -2.25. The first-order valence-corrected chi connectivity index (χ1v) is 11.3. The largest absolute Gasteiger partial charge is 0.0654 e. The van der Waals surface area contributed by atoms with Gasteiger partial charge >= 0.3 is 0 Å². The van der Waals surface area contributed by atoms with Crippen molar-refractivity contribution in [1.82, 2.24) is 0 Å². The second-order valence-corrected chi connectivity index (χ2v) is 9.06. The predicted octanol–water partition coefficient (Wildman–Crippen LogP) is 8.15. The van der Waals surface area contributed by atoms with Crippen molar-refractivity contribution in [1.29, 1.82) is 0 Å². The highest BCUT2D eigenvalue weighted by Gasteiger charge is 2.29. The van der Waals surface area contributed by atoms with Gasteiger partial charge in [0.05, 0.1) is 0 Å². The topological polar surface area (TPSA) is 0 Å². The zero-order valence-corrected chi connectivity index (χ0v) is 16.3. The van der Waals surface area contributed by atoms with Crippen molar-refractivity contribution in [3.8, 4) is 0 Å². The van der Waals surface area contributed by atoms with Gasteiger partial charge in [0.15, 0.2) is 0 Å². The van der Waals surface area contributed by atoms with E-state index in [9.17, 15) is 0 Å². The van der Waals surface area contributed by atoms with Gasteiger partial charge in [-0.25, -0.2) is 0 Å². The van der Waals surface area contributed by atoms with Crippen molar-refractivity contribution in [2.45, 2.75) is 123 Å². The summed E-state index contributed by atoms with van der Waals surface area (Å²) in [6.07, 6.45) is 25.7. The minimum Gasteiger partial charge on any atom is -0.0654 e. The fraction of sp³-hybridized carbons (Fsp3) is 1.00. The summed E-state index contributed by atoms with van der Waals surface area (Å²) in [5.74, 6) is 4.33. The molecular formula is C23H44. The molecule has 2 rings (SSSR count). The van der Waals surface area contributed by atoms with E-state index in [2.05, 4.69) is 13.8 Å². The average molecular weight is 321 g/mol. The Balaban J connectivity index is 1.45. The highest BCUT2D eigenvalue weighted by atomic mass is 14.3. The van der Waals surface area contributed by atoms with E-state index in [1.807, 2.05) is 0 Å². The van der Waals surface area contributed by atoms with Gasteiger partial charge in [0, 0.05) is 0 Å². The molecule has 0 nitrogen and oxygen atoms in total. The van der Waals surface area contributed by atoms with Gasteiger partial charge in [0.25, 0.3) is 0 Å². The van der Waals surface area contributed by atoms with Crippen LogP contribution < -0.4 is 0 Å². The van der Waals surface area contributed by atoms with Crippen molar-refractivity contribution in [3.63, 3.8) is 0 Å². The molecule has 0 radical (unpaired) electrons. The molecule has 0 aromatic carbocycles. The van der Waals surface area contributed by atoms with Crippen LogP contribution in [0.3, 0.4) is 0 Å².